The summed E-state index contributed by atoms with van der Waals surface area (Å²) in [4.78, 5) is 4.47. The molecule has 0 saturated carbocycles. The monoisotopic (exact) mass is 344 g/mol. The van der Waals surface area contributed by atoms with Crippen molar-refractivity contribution in [1.82, 2.24) is 15.2 Å². The molecule has 118 valence electrons. The summed E-state index contributed by atoms with van der Waals surface area (Å²) in [5, 5.41) is 11.9. The van der Waals surface area contributed by atoms with Crippen LogP contribution in [0.2, 0.25) is 5.02 Å². The molecule has 3 rings (SSSR count). The molecule has 1 heterocycles. The summed E-state index contributed by atoms with van der Waals surface area (Å²) in [6.45, 7) is 2.13. The second kappa shape index (κ2) is 7.53. The van der Waals surface area contributed by atoms with Gasteiger partial charge < -0.3 is 5.32 Å². The molecule has 0 unspecified atom stereocenters. The largest absolute Gasteiger partial charge is 0.324 e. The number of hydrogen-bond acceptors (Lipinski definition) is 4. The van der Waals surface area contributed by atoms with Crippen LogP contribution in [0, 0.1) is 0 Å². The molecular formula is C17H17ClN4S. The number of aryl methyl sites for hydroxylation is 1. The van der Waals surface area contributed by atoms with Gasteiger partial charge in [-0.05, 0) is 29.7 Å². The van der Waals surface area contributed by atoms with Crippen molar-refractivity contribution in [3.63, 3.8) is 0 Å². The van der Waals surface area contributed by atoms with E-state index < -0.39 is 0 Å². The molecule has 4 nitrogen and oxygen atoms in total. The number of anilines is 2. The topological polar surface area (TPSA) is 53.6 Å². The van der Waals surface area contributed by atoms with E-state index in [0.29, 0.717) is 11.1 Å². The van der Waals surface area contributed by atoms with E-state index in [1.807, 2.05) is 42.5 Å². The molecule has 6 heteroatoms. The van der Waals surface area contributed by atoms with Crippen molar-refractivity contribution in [1.29, 1.82) is 0 Å². The summed E-state index contributed by atoms with van der Waals surface area (Å²) in [7, 11) is 0. The van der Waals surface area contributed by atoms with Crippen molar-refractivity contribution in [3.05, 3.63) is 64.7 Å². The fourth-order valence-electron chi connectivity index (χ4n) is 2.20. The average Bonchev–Trinajstić information content (AvgIpc) is 3.02. The maximum absolute atomic E-state index is 6.16. The van der Waals surface area contributed by atoms with Crippen molar-refractivity contribution in [3.8, 4) is 0 Å². The molecule has 0 saturated heterocycles. The maximum atomic E-state index is 6.16. The molecule has 2 N–H and O–H groups in total. The lowest BCUT2D eigenvalue weighted by Crippen LogP contribution is -1.96. The first-order chi connectivity index (χ1) is 11.3. The molecule has 0 fully saturated rings. The Hall–Kier alpha value is -1.98. The van der Waals surface area contributed by atoms with Crippen molar-refractivity contribution in [2.45, 2.75) is 24.3 Å². The smallest absolute Gasteiger partial charge is 0.223 e. The number of aromatic nitrogens is 3. The van der Waals surface area contributed by atoms with E-state index in [0.717, 1.165) is 28.4 Å². The van der Waals surface area contributed by atoms with E-state index in [4.69, 9.17) is 11.6 Å². The number of rotatable bonds is 6. The Morgan fingerprint density at radius 3 is 2.61 bits per heavy atom. The van der Waals surface area contributed by atoms with Crippen LogP contribution >= 0.6 is 23.4 Å². The van der Waals surface area contributed by atoms with Gasteiger partial charge in [0.2, 0.25) is 11.1 Å². The lowest BCUT2D eigenvalue weighted by atomic mass is 10.1. The molecular weight excluding hydrogens is 328 g/mol. The fourth-order valence-corrected chi connectivity index (χ4v) is 3.29. The summed E-state index contributed by atoms with van der Waals surface area (Å²) in [5.41, 5.74) is 3.37. The van der Waals surface area contributed by atoms with Gasteiger partial charge in [-0.2, -0.15) is 4.98 Å². The summed E-state index contributed by atoms with van der Waals surface area (Å²) in [5.74, 6) is 1.38. The molecule has 0 aliphatic carbocycles. The third kappa shape index (κ3) is 4.06. The molecule has 0 bridgehead atoms. The Bertz CT molecular complexity index is 788. The van der Waals surface area contributed by atoms with Crippen LogP contribution in [0.15, 0.2) is 53.7 Å². The normalized spacial score (nSPS) is 10.7. The number of aromatic amines is 1. The minimum Gasteiger partial charge on any atom is -0.324 e. The van der Waals surface area contributed by atoms with Gasteiger partial charge in [0.1, 0.15) is 0 Å². The van der Waals surface area contributed by atoms with Crippen molar-refractivity contribution >= 4 is 35.0 Å². The number of halogens is 1. The van der Waals surface area contributed by atoms with E-state index in [1.165, 1.54) is 5.56 Å². The highest BCUT2D eigenvalue weighted by molar-refractivity contribution is 7.98. The van der Waals surface area contributed by atoms with Crippen LogP contribution in [0.4, 0.5) is 11.6 Å². The standard InChI is InChI=1S/C17H17ClN4S/c1-2-12-7-4-6-10-15(12)19-16-20-17(22-21-16)23-11-13-8-3-5-9-14(13)18/h3-10H,2,11H2,1H3,(H2,19,20,21,22). The van der Waals surface area contributed by atoms with E-state index >= 15 is 0 Å². The number of para-hydroxylation sites is 1. The molecule has 0 radical (unpaired) electrons. The average molecular weight is 345 g/mol. The van der Waals surface area contributed by atoms with Crippen LogP contribution in [0.5, 0.6) is 0 Å². The van der Waals surface area contributed by atoms with Crippen LogP contribution < -0.4 is 5.32 Å². The summed E-state index contributed by atoms with van der Waals surface area (Å²) < 4.78 is 0. The van der Waals surface area contributed by atoms with Gasteiger partial charge in [0.15, 0.2) is 0 Å². The highest BCUT2D eigenvalue weighted by atomic mass is 35.5. The first-order valence-electron chi connectivity index (χ1n) is 7.40. The van der Waals surface area contributed by atoms with Gasteiger partial charge in [-0.3, -0.25) is 0 Å². The Kier molecular flexibility index (Phi) is 5.20. The fraction of sp³-hybridized carbons (Fsp3) is 0.176. The summed E-state index contributed by atoms with van der Waals surface area (Å²) >= 11 is 7.71. The third-order valence-electron chi connectivity index (χ3n) is 3.43. The molecule has 0 atom stereocenters. The lowest BCUT2D eigenvalue weighted by Gasteiger charge is -2.07. The van der Waals surface area contributed by atoms with E-state index in [1.54, 1.807) is 11.8 Å². The van der Waals surface area contributed by atoms with Gasteiger partial charge in [0.25, 0.3) is 0 Å². The third-order valence-corrected chi connectivity index (χ3v) is 4.70. The van der Waals surface area contributed by atoms with Gasteiger partial charge in [-0.25, -0.2) is 5.10 Å². The predicted octanol–water partition coefficient (Wildman–Crippen LogP) is 5.06. The quantitative estimate of drug-likeness (QED) is 0.614. The maximum Gasteiger partial charge on any atom is 0.223 e. The summed E-state index contributed by atoms with van der Waals surface area (Å²) in [6.07, 6.45) is 0.964. The Labute approximate surface area is 144 Å². The van der Waals surface area contributed by atoms with Crippen LogP contribution in [-0.4, -0.2) is 15.2 Å². The van der Waals surface area contributed by atoms with Gasteiger partial charge in [0.05, 0.1) is 0 Å². The zero-order valence-electron chi connectivity index (χ0n) is 12.7. The zero-order chi connectivity index (χ0) is 16.1. The zero-order valence-corrected chi connectivity index (χ0v) is 14.3. The summed E-state index contributed by atoms with van der Waals surface area (Å²) in [6, 6.07) is 16.0. The van der Waals surface area contributed by atoms with Crippen LogP contribution in [0.3, 0.4) is 0 Å². The predicted molar refractivity (Wildman–Crippen MR) is 96.5 cm³/mol. The number of nitrogens with zero attached hydrogens (tertiary/aromatic N) is 2. The first-order valence-corrected chi connectivity index (χ1v) is 8.76. The van der Waals surface area contributed by atoms with Crippen LogP contribution in [0.25, 0.3) is 0 Å². The first kappa shape index (κ1) is 15.9. The molecule has 0 amide bonds. The SMILES string of the molecule is CCc1ccccc1Nc1nc(SCc2ccccc2Cl)n[nH]1. The molecule has 0 spiro atoms. The van der Waals surface area contributed by atoms with E-state index in [9.17, 15) is 0 Å². The van der Waals surface area contributed by atoms with Crippen molar-refractivity contribution < 1.29 is 0 Å². The highest BCUT2D eigenvalue weighted by Crippen LogP contribution is 2.25. The molecule has 2 aromatic carbocycles. The van der Waals surface area contributed by atoms with Crippen LogP contribution in [0.1, 0.15) is 18.1 Å². The van der Waals surface area contributed by atoms with E-state index in [-0.39, 0.29) is 0 Å². The molecule has 23 heavy (non-hydrogen) atoms. The number of H-pyrrole nitrogens is 1. The molecule has 1 aromatic heterocycles. The van der Waals surface area contributed by atoms with Gasteiger partial charge in [-0.15, -0.1) is 5.10 Å². The second-order valence-corrected chi connectivity index (χ2v) is 6.33. The Morgan fingerprint density at radius 2 is 1.83 bits per heavy atom. The minimum absolute atomic E-state index is 0.646. The van der Waals surface area contributed by atoms with Gasteiger partial charge in [-0.1, -0.05) is 66.7 Å². The Balaban J connectivity index is 1.65. The minimum atomic E-state index is 0.646. The molecule has 0 aliphatic rings. The van der Waals surface area contributed by atoms with Gasteiger partial charge in [0, 0.05) is 16.5 Å². The number of benzene rings is 2. The van der Waals surface area contributed by atoms with Gasteiger partial charge >= 0.3 is 0 Å². The number of nitrogens with one attached hydrogen (secondary N) is 2. The molecule has 0 aliphatic heterocycles. The van der Waals surface area contributed by atoms with Crippen molar-refractivity contribution in [2.24, 2.45) is 0 Å². The highest BCUT2D eigenvalue weighted by Gasteiger charge is 2.07. The van der Waals surface area contributed by atoms with Crippen LogP contribution in [-0.2, 0) is 12.2 Å². The second-order valence-electron chi connectivity index (χ2n) is 4.98. The Morgan fingerprint density at radius 1 is 1.09 bits per heavy atom. The van der Waals surface area contributed by atoms with Crippen molar-refractivity contribution in [2.75, 3.05) is 5.32 Å². The lowest BCUT2D eigenvalue weighted by molar-refractivity contribution is 0.973. The number of hydrogen-bond donors (Lipinski definition) is 2. The molecule has 3 aromatic rings. The van der Waals surface area contributed by atoms with E-state index in [2.05, 4.69) is 33.5 Å². The number of thioether (sulfide) groups is 1.